The Balaban J connectivity index is 3.31. The van der Waals surface area contributed by atoms with Gasteiger partial charge in [-0.05, 0) is 22.0 Å². The van der Waals surface area contributed by atoms with Gasteiger partial charge in [-0.2, -0.15) is 0 Å². The molecule has 7 heteroatoms. The summed E-state index contributed by atoms with van der Waals surface area (Å²) in [5.41, 5.74) is 0.195. The molecule has 1 amide bonds. The molecule has 0 spiro atoms. The molecule has 0 aliphatic heterocycles. The predicted molar refractivity (Wildman–Crippen MR) is 62.6 cm³/mol. The normalized spacial score (nSPS) is 9.75. The summed E-state index contributed by atoms with van der Waals surface area (Å²) >= 11 is 8.88. The fourth-order valence-corrected chi connectivity index (χ4v) is 1.85. The van der Waals surface area contributed by atoms with E-state index in [1.807, 2.05) is 0 Å². The Hall–Kier alpha value is -1.14. The molecule has 1 heterocycles. The van der Waals surface area contributed by atoms with E-state index in [1.54, 1.807) is 0 Å². The highest BCUT2D eigenvalue weighted by atomic mass is 79.9. The number of halogens is 2. The Morgan fingerprint density at radius 1 is 1.56 bits per heavy atom. The summed E-state index contributed by atoms with van der Waals surface area (Å²) in [6, 6.07) is 1.47. The average molecular weight is 308 g/mol. The number of aromatic nitrogens is 1. The first kappa shape index (κ1) is 12.9. The van der Waals surface area contributed by atoms with Crippen molar-refractivity contribution in [3.63, 3.8) is 0 Å². The third-order valence-corrected chi connectivity index (χ3v) is 2.44. The monoisotopic (exact) mass is 306 g/mol. The van der Waals surface area contributed by atoms with Crippen LogP contribution in [0.5, 0.6) is 0 Å². The zero-order valence-corrected chi connectivity index (χ0v) is 10.8. The van der Waals surface area contributed by atoms with Gasteiger partial charge >= 0.3 is 5.97 Å². The number of amides is 1. The lowest BCUT2D eigenvalue weighted by atomic mass is 10.3. The van der Waals surface area contributed by atoms with Crippen LogP contribution in [0.1, 0.15) is 17.4 Å². The van der Waals surface area contributed by atoms with Gasteiger partial charge in [0.2, 0.25) is 5.91 Å². The number of nitrogens with one attached hydrogen (secondary N) is 1. The molecule has 0 unspecified atom stereocenters. The van der Waals surface area contributed by atoms with Gasteiger partial charge < -0.3 is 10.1 Å². The van der Waals surface area contributed by atoms with Crippen molar-refractivity contribution in [3.8, 4) is 0 Å². The van der Waals surface area contributed by atoms with E-state index in [0.717, 1.165) is 0 Å². The second-order valence-corrected chi connectivity index (χ2v) is 4.06. The van der Waals surface area contributed by atoms with Gasteiger partial charge in [-0.25, -0.2) is 9.78 Å². The summed E-state index contributed by atoms with van der Waals surface area (Å²) in [7, 11) is 1.22. The minimum absolute atomic E-state index is 0.0444. The SMILES string of the molecule is COC(=O)c1nc(Cl)cc(Br)c1NC(C)=O. The molecule has 0 bridgehead atoms. The summed E-state index contributed by atoms with van der Waals surface area (Å²) in [6.07, 6.45) is 0. The number of carbonyl (C=O) groups is 2. The Morgan fingerprint density at radius 2 is 2.19 bits per heavy atom. The molecule has 0 aromatic carbocycles. The van der Waals surface area contributed by atoms with E-state index in [-0.39, 0.29) is 22.4 Å². The molecule has 5 nitrogen and oxygen atoms in total. The van der Waals surface area contributed by atoms with Crippen LogP contribution in [0.3, 0.4) is 0 Å². The van der Waals surface area contributed by atoms with Crippen molar-refractivity contribution < 1.29 is 14.3 Å². The highest BCUT2D eigenvalue weighted by Gasteiger charge is 2.18. The maximum atomic E-state index is 11.4. The molecule has 0 saturated carbocycles. The third kappa shape index (κ3) is 2.93. The first-order chi connectivity index (χ1) is 7.45. The van der Waals surface area contributed by atoms with Crippen molar-refractivity contribution in [2.45, 2.75) is 6.92 Å². The predicted octanol–water partition coefficient (Wildman–Crippen LogP) is 2.24. The maximum absolute atomic E-state index is 11.4. The molecule has 0 aliphatic carbocycles. The van der Waals surface area contributed by atoms with E-state index in [4.69, 9.17) is 11.6 Å². The second kappa shape index (κ2) is 5.27. The summed E-state index contributed by atoms with van der Waals surface area (Å²) in [5, 5.41) is 2.60. The fourth-order valence-electron chi connectivity index (χ4n) is 1.02. The summed E-state index contributed by atoms with van der Waals surface area (Å²) in [5.74, 6) is -0.998. The molecule has 0 aliphatic rings. The molecule has 0 atom stereocenters. The highest BCUT2D eigenvalue weighted by molar-refractivity contribution is 9.10. The van der Waals surface area contributed by atoms with E-state index in [1.165, 1.54) is 20.1 Å². The number of ether oxygens (including phenoxy) is 1. The minimum Gasteiger partial charge on any atom is -0.464 e. The standard InChI is InChI=1S/C9H8BrClN2O3/c1-4(14)12-7-5(10)3-6(11)13-8(7)9(15)16-2/h3H,1-2H3,(H,12,14). The number of anilines is 1. The quantitative estimate of drug-likeness (QED) is 0.672. The number of esters is 1. The van der Waals surface area contributed by atoms with Gasteiger partial charge in [-0.1, -0.05) is 11.6 Å². The lowest BCUT2D eigenvalue weighted by Crippen LogP contribution is -2.14. The Bertz CT molecular complexity index is 451. The average Bonchev–Trinajstić information content (AvgIpc) is 2.20. The van der Waals surface area contributed by atoms with Crippen LogP contribution < -0.4 is 5.32 Å². The minimum atomic E-state index is -0.674. The van der Waals surface area contributed by atoms with Crippen molar-refractivity contribution in [2.24, 2.45) is 0 Å². The van der Waals surface area contributed by atoms with E-state index < -0.39 is 5.97 Å². The van der Waals surface area contributed by atoms with Crippen LogP contribution in [-0.2, 0) is 9.53 Å². The van der Waals surface area contributed by atoms with Gasteiger partial charge in [0.1, 0.15) is 5.15 Å². The van der Waals surface area contributed by atoms with Crippen molar-refractivity contribution in [1.82, 2.24) is 4.98 Å². The molecule has 86 valence electrons. The number of methoxy groups -OCH3 is 1. The molecule has 16 heavy (non-hydrogen) atoms. The molecule has 0 radical (unpaired) electrons. The maximum Gasteiger partial charge on any atom is 0.358 e. The number of carbonyl (C=O) groups excluding carboxylic acids is 2. The van der Waals surface area contributed by atoms with Crippen LogP contribution in [0, 0.1) is 0 Å². The van der Waals surface area contributed by atoms with Gasteiger partial charge in [0, 0.05) is 11.4 Å². The highest BCUT2D eigenvalue weighted by Crippen LogP contribution is 2.28. The van der Waals surface area contributed by atoms with Crippen molar-refractivity contribution in [1.29, 1.82) is 0 Å². The van der Waals surface area contributed by atoms with Gasteiger partial charge in [-0.15, -0.1) is 0 Å². The zero-order chi connectivity index (χ0) is 12.3. The molecule has 1 N–H and O–H groups in total. The van der Waals surface area contributed by atoms with Gasteiger partial charge in [-0.3, -0.25) is 4.79 Å². The molecule has 0 fully saturated rings. The molecular weight excluding hydrogens is 299 g/mol. The van der Waals surface area contributed by atoms with Crippen LogP contribution in [0.2, 0.25) is 5.15 Å². The topological polar surface area (TPSA) is 68.3 Å². The Labute approximate surface area is 105 Å². The van der Waals surface area contributed by atoms with Crippen LogP contribution in [0.4, 0.5) is 5.69 Å². The largest absolute Gasteiger partial charge is 0.464 e. The number of hydrogen-bond acceptors (Lipinski definition) is 4. The third-order valence-electron chi connectivity index (χ3n) is 1.62. The fraction of sp³-hybridized carbons (Fsp3) is 0.222. The first-order valence-corrected chi connectivity index (χ1v) is 5.34. The lowest BCUT2D eigenvalue weighted by Gasteiger charge is -2.09. The molecule has 1 aromatic heterocycles. The van der Waals surface area contributed by atoms with E-state index in [9.17, 15) is 9.59 Å². The molecule has 1 rings (SSSR count). The van der Waals surface area contributed by atoms with Crippen LogP contribution >= 0.6 is 27.5 Å². The lowest BCUT2D eigenvalue weighted by molar-refractivity contribution is -0.114. The van der Waals surface area contributed by atoms with Crippen LogP contribution in [0.25, 0.3) is 0 Å². The van der Waals surface area contributed by atoms with Crippen molar-refractivity contribution in [2.75, 3.05) is 12.4 Å². The summed E-state index contributed by atoms with van der Waals surface area (Å²) < 4.78 is 5.00. The van der Waals surface area contributed by atoms with E-state index in [2.05, 4.69) is 31.0 Å². The number of rotatable bonds is 2. The smallest absolute Gasteiger partial charge is 0.358 e. The number of hydrogen-bond donors (Lipinski definition) is 1. The summed E-state index contributed by atoms with van der Waals surface area (Å²) in [6.45, 7) is 1.32. The number of pyridine rings is 1. The molecule has 1 aromatic rings. The van der Waals surface area contributed by atoms with Crippen LogP contribution in [-0.4, -0.2) is 24.0 Å². The molecule has 0 saturated heterocycles. The van der Waals surface area contributed by atoms with Crippen molar-refractivity contribution in [3.05, 3.63) is 21.4 Å². The molecular formula is C9H8BrClN2O3. The van der Waals surface area contributed by atoms with E-state index in [0.29, 0.717) is 4.47 Å². The van der Waals surface area contributed by atoms with Crippen molar-refractivity contribution >= 4 is 45.1 Å². The summed E-state index contributed by atoms with van der Waals surface area (Å²) in [4.78, 5) is 26.2. The first-order valence-electron chi connectivity index (χ1n) is 4.17. The van der Waals surface area contributed by atoms with Gasteiger partial charge in [0.05, 0.1) is 12.8 Å². The Morgan fingerprint density at radius 3 is 2.69 bits per heavy atom. The van der Waals surface area contributed by atoms with Gasteiger partial charge in [0.25, 0.3) is 0 Å². The number of nitrogens with zero attached hydrogens (tertiary/aromatic N) is 1. The van der Waals surface area contributed by atoms with E-state index >= 15 is 0 Å². The second-order valence-electron chi connectivity index (χ2n) is 2.82. The Kier molecular flexibility index (Phi) is 4.26. The van der Waals surface area contributed by atoms with Crippen LogP contribution in [0.15, 0.2) is 10.5 Å². The van der Waals surface area contributed by atoms with Gasteiger partial charge in [0.15, 0.2) is 5.69 Å². The zero-order valence-electron chi connectivity index (χ0n) is 8.51.